The maximum absolute atomic E-state index is 4.91. The van der Waals surface area contributed by atoms with Crippen LogP contribution < -0.4 is 5.32 Å². The first-order chi connectivity index (χ1) is 14.3. The first-order valence-corrected chi connectivity index (χ1v) is 12.7. The number of aryl methyl sites for hydroxylation is 1. The highest BCUT2D eigenvalue weighted by atomic mass is 32.2. The van der Waals surface area contributed by atoms with Crippen LogP contribution in [0.5, 0.6) is 0 Å². The van der Waals surface area contributed by atoms with Crippen LogP contribution >= 0.6 is 23.1 Å². The monoisotopic (exact) mass is 435 g/mol. The number of guanidine groups is 1. The van der Waals surface area contributed by atoms with E-state index < -0.39 is 0 Å². The number of hydrogen-bond acceptors (Lipinski definition) is 6. The van der Waals surface area contributed by atoms with Crippen molar-refractivity contribution in [1.82, 2.24) is 29.9 Å². The number of thiophene rings is 1. The number of rotatable bonds is 10. The summed E-state index contributed by atoms with van der Waals surface area (Å²) in [6, 6.07) is 4.37. The Labute approximate surface area is 182 Å². The van der Waals surface area contributed by atoms with Gasteiger partial charge in [-0.15, -0.1) is 21.5 Å². The van der Waals surface area contributed by atoms with Crippen molar-refractivity contribution >= 4 is 29.1 Å². The molecule has 0 aliphatic carbocycles. The minimum Gasteiger partial charge on any atom is -0.354 e. The molecule has 0 radical (unpaired) electrons. The van der Waals surface area contributed by atoms with Crippen LogP contribution in [0.4, 0.5) is 0 Å². The third-order valence-electron chi connectivity index (χ3n) is 5.05. The number of aromatic nitrogens is 3. The van der Waals surface area contributed by atoms with E-state index in [1.807, 2.05) is 29.4 Å². The van der Waals surface area contributed by atoms with Crippen LogP contribution in [0.25, 0.3) is 0 Å². The molecule has 0 atom stereocenters. The molecule has 2 aromatic rings. The molecule has 3 rings (SSSR count). The minimum absolute atomic E-state index is 0.835. The third-order valence-corrected chi connectivity index (χ3v) is 6.61. The molecule has 29 heavy (non-hydrogen) atoms. The van der Waals surface area contributed by atoms with E-state index in [9.17, 15) is 0 Å². The van der Waals surface area contributed by atoms with Gasteiger partial charge in [-0.3, -0.25) is 9.89 Å². The van der Waals surface area contributed by atoms with Crippen molar-refractivity contribution in [3.05, 3.63) is 34.5 Å². The first-order valence-electron chi connectivity index (χ1n) is 10.4. The Morgan fingerprint density at radius 1 is 1.31 bits per heavy atom. The molecule has 0 saturated carbocycles. The third kappa shape index (κ3) is 7.01. The maximum Gasteiger partial charge on any atom is 0.194 e. The summed E-state index contributed by atoms with van der Waals surface area (Å²) < 4.78 is 2.12. The Morgan fingerprint density at radius 3 is 2.90 bits per heavy atom. The van der Waals surface area contributed by atoms with Crippen molar-refractivity contribution in [1.29, 1.82) is 0 Å². The van der Waals surface area contributed by atoms with Crippen molar-refractivity contribution in [3.8, 4) is 0 Å². The fourth-order valence-corrected chi connectivity index (χ4v) is 4.59. The smallest absolute Gasteiger partial charge is 0.194 e. The van der Waals surface area contributed by atoms with Crippen molar-refractivity contribution in [2.45, 2.75) is 32.9 Å². The summed E-state index contributed by atoms with van der Waals surface area (Å²) in [6.45, 7) is 9.95. The molecule has 1 fully saturated rings. The van der Waals surface area contributed by atoms with E-state index in [0.717, 1.165) is 82.7 Å². The van der Waals surface area contributed by atoms with Gasteiger partial charge in [0.2, 0.25) is 0 Å². The lowest BCUT2D eigenvalue weighted by molar-refractivity contribution is 0.173. The highest BCUT2D eigenvalue weighted by Crippen LogP contribution is 2.13. The zero-order valence-electron chi connectivity index (χ0n) is 17.6. The van der Waals surface area contributed by atoms with E-state index in [0.29, 0.717) is 0 Å². The molecule has 0 bridgehead atoms. The zero-order chi connectivity index (χ0) is 20.3. The van der Waals surface area contributed by atoms with Crippen LogP contribution in [0.1, 0.15) is 24.0 Å². The van der Waals surface area contributed by atoms with Crippen LogP contribution in [0.2, 0.25) is 0 Å². The lowest BCUT2D eigenvalue weighted by Crippen LogP contribution is -2.52. The van der Waals surface area contributed by atoms with Crippen molar-refractivity contribution in [2.75, 3.05) is 51.3 Å². The molecule has 1 saturated heterocycles. The van der Waals surface area contributed by atoms with Gasteiger partial charge in [0.1, 0.15) is 12.2 Å². The van der Waals surface area contributed by atoms with Crippen LogP contribution in [0.3, 0.4) is 0 Å². The van der Waals surface area contributed by atoms with Crippen molar-refractivity contribution in [2.24, 2.45) is 4.99 Å². The summed E-state index contributed by atoms with van der Waals surface area (Å²) in [7, 11) is 0. The Morgan fingerprint density at radius 2 is 2.17 bits per heavy atom. The molecule has 2 aromatic heterocycles. The molecule has 0 unspecified atom stereocenters. The normalized spacial score (nSPS) is 15.8. The Bertz CT molecular complexity index is 721. The lowest BCUT2D eigenvalue weighted by Gasteiger charge is -2.36. The molecular formula is C20H33N7S2. The van der Waals surface area contributed by atoms with Crippen molar-refractivity contribution in [3.63, 3.8) is 0 Å². The Hall–Kier alpha value is -1.58. The summed E-state index contributed by atoms with van der Waals surface area (Å²) in [5.41, 5.74) is 0. The average molecular weight is 436 g/mol. The minimum atomic E-state index is 0.835. The fraction of sp³-hybridized carbons (Fsp3) is 0.650. The second-order valence-corrected chi connectivity index (χ2v) is 9.13. The SMILES string of the molecule is CCc1nncn1CCNC(=NCCCSC)N1CCN(Cc2cccs2)CC1. The van der Waals surface area contributed by atoms with Gasteiger partial charge in [0.25, 0.3) is 0 Å². The molecule has 0 spiro atoms. The number of hydrogen-bond donors (Lipinski definition) is 1. The van der Waals surface area contributed by atoms with Gasteiger partial charge in [0.05, 0.1) is 0 Å². The van der Waals surface area contributed by atoms with Gasteiger partial charge in [-0.1, -0.05) is 13.0 Å². The van der Waals surface area contributed by atoms with Gasteiger partial charge in [-0.2, -0.15) is 11.8 Å². The van der Waals surface area contributed by atoms with E-state index >= 15 is 0 Å². The predicted molar refractivity (Wildman–Crippen MR) is 124 cm³/mol. The van der Waals surface area contributed by atoms with E-state index in [2.05, 4.69) is 60.6 Å². The summed E-state index contributed by atoms with van der Waals surface area (Å²) in [5, 5.41) is 13.9. The number of nitrogens with zero attached hydrogens (tertiary/aromatic N) is 6. The lowest BCUT2D eigenvalue weighted by atomic mass is 10.3. The van der Waals surface area contributed by atoms with E-state index in [1.165, 1.54) is 4.88 Å². The molecule has 7 nitrogen and oxygen atoms in total. The predicted octanol–water partition coefficient (Wildman–Crippen LogP) is 2.42. The fourth-order valence-electron chi connectivity index (χ4n) is 3.43. The van der Waals surface area contributed by atoms with Crippen LogP contribution in [0, 0.1) is 0 Å². The highest BCUT2D eigenvalue weighted by molar-refractivity contribution is 7.98. The van der Waals surface area contributed by atoms with E-state index in [1.54, 1.807) is 0 Å². The Kier molecular flexibility index (Phi) is 9.30. The van der Waals surface area contributed by atoms with Gasteiger partial charge in [0, 0.05) is 63.7 Å². The average Bonchev–Trinajstić information content (AvgIpc) is 3.42. The molecule has 0 amide bonds. The topological polar surface area (TPSA) is 61.6 Å². The standard InChI is InChI=1S/C20H33N7S2/c1-3-19-24-23-17-27(19)9-8-22-20(21-7-5-14-28-2)26-12-10-25(11-13-26)16-18-6-4-15-29-18/h4,6,15,17H,3,5,7-14,16H2,1-2H3,(H,21,22). The second kappa shape index (κ2) is 12.2. The van der Waals surface area contributed by atoms with Gasteiger partial charge in [-0.05, 0) is 29.9 Å². The summed E-state index contributed by atoms with van der Waals surface area (Å²) in [5.74, 6) is 3.24. The van der Waals surface area contributed by atoms with E-state index in [-0.39, 0.29) is 0 Å². The van der Waals surface area contributed by atoms with Crippen LogP contribution in [-0.4, -0.2) is 81.8 Å². The molecule has 160 valence electrons. The molecular weight excluding hydrogens is 402 g/mol. The highest BCUT2D eigenvalue weighted by Gasteiger charge is 2.20. The first kappa shape index (κ1) is 22.1. The van der Waals surface area contributed by atoms with Gasteiger partial charge in [-0.25, -0.2) is 0 Å². The molecule has 1 aliphatic rings. The number of piperazine rings is 1. The maximum atomic E-state index is 4.91. The molecule has 0 aromatic carbocycles. The largest absolute Gasteiger partial charge is 0.354 e. The zero-order valence-corrected chi connectivity index (χ0v) is 19.2. The molecule has 9 heteroatoms. The van der Waals surface area contributed by atoms with E-state index in [4.69, 9.17) is 4.99 Å². The number of nitrogens with one attached hydrogen (secondary N) is 1. The number of thioether (sulfide) groups is 1. The van der Waals surface area contributed by atoms with Crippen LogP contribution in [-0.2, 0) is 19.5 Å². The molecule has 1 aliphatic heterocycles. The summed E-state index contributed by atoms with van der Waals surface area (Å²) in [4.78, 5) is 11.3. The quantitative estimate of drug-likeness (QED) is 0.351. The van der Waals surface area contributed by atoms with Gasteiger partial charge in [0.15, 0.2) is 5.96 Å². The van der Waals surface area contributed by atoms with Crippen molar-refractivity contribution < 1.29 is 0 Å². The van der Waals surface area contributed by atoms with Crippen LogP contribution in [0.15, 0.2) is 28.8 Å². The molecule has 1 N–H and O–H groups in total. The second-order valence-electron chi connectivity index (χ2n) is 7.12. The Balaban J connectivity index is 1.51. The van der Waals surface area contributed by atoms with Gasteiger partial charge < -0.3 is 14.8 Å². The van der Waals surface area contributed by atoms with Gasteiger partial charge >= 0.3 is 0 Å². The summed E-state index contributed by atoms with van der Waals surface area (Å²) in [6.07, 6.45) is 6.00. The summed E-state index contributed by atoms with van der Waals surface area (Å²) >= 11 is 3.73. The molecule has 3 heterocycles. The number of aliphatic imine (C=N–C) groups is 1.